The first-order valence-corrected chi connectivity index (χ1v) is 7.25. The maximum Gasteiger partial charge on any atom is 0.0585 e. The first-order chi connectivity index (χ1) is 10.3. The zero-order valence-corrected chi connectivity index (χ0v) is 11.9. The largest absolute Gasteiger partial charge is 0.395 e. The van der Waals surface area contributed by atoms with Crippen LogP contribution < -0.4 is 5.73 Å². The molecule has 2 aromatic carbocycles. The van der Waals surface area contributed by atoms with Crippen LogP contribution in [0.4, 0.5) is 0 Å². The molecule has 0 amide bonds. The maximum atomic E-state index is 9.18. The molecule has 0 spiro atoms. The molecule has 3 aromatic rings. The van der Waals surface area contributed by atoms with Crippen LogP contribution in [0.2, 0.25) is 0 Å². The van der Waals surface area contributed by atoms with E-state index in [1.807, 2.05) is 12.1 Å². The number of aliphatic hydroxyl groups is 1. The number of rotatable bonds is 5. The van der Waals surface area contributed by atoms with Gasteiger partial charge in [0.05, 0.1) is 6.61 Å². The van der Waals surface area contributed by atoms with Crippen LogP contribution in [0, 0.1) is 0 Å². The van der Waals surface area contributed by atoms with Gasteiger partial charge in [-0.25, -0.2) is 0 Å². The van der Waals surface area contributed by atoms with Crippen molar-refractivity contribution < 1.29 is 5.11 Å². The second-order valence-corrected chi connectivity index (χ2v) is 5.43. The number of hydrogen-bond donors (Lipinski definition) is 2. The van der Waals surface area contributed by atoms with E-state index >= 15 is 0 Å². The van der Waals surface area contributed by atoms with Crippen molar-refractivity contribution in [1.29, 1.82) is 0 Å². The molecule has 0 bridgehead atoms. The van der Waals surface area contributed by atoms with Gasteiger partial charge >= 0.3 is 0 Å². The normalized spacial score (nSPS) is 12.7. The van der Waals surface area contributed by atoms with Gasteiger partial charge in [-0.15, -0.1) is 0 Å². The topological polar surface area (TPSA) is 51.2 Å². The molecule has 3 nitrogen and oxygen atoms in total. The third-order valence-electron chi connectivity index (χ3n) is 3.78. The zero-order valence-electron chi connectivity index (χ0n) is 11.9. The van der Waals surface area contributed by atoms with Gasteiger partial charge < -0.3 is 15.4 Å². The minimum Gasteiger partial charge on any atom is -0.395 e. The fraction of sp³-hybridized carbons (Fsp3) is 0.222. The molecule has 0 aliphatic carbocycles. The fourth-order valence-electron chi connectivity index (χ4n) is 2.74. The average Bonchev–Trinajstić information content (AvgIpc) is 2.86. The molecule has 3 N–H and O–H groups in total. The standard InChI is InChI=1S/C18H20N2O/c19-16(13-21)10-15-12-20(11-14-6-2-1-3-7-14)18-9-5-4-8-17(15)18/h1-9,12,16,21H,10-11,13,19H2. The molecule has 3 rings (SSSR count). The smallest absolute Gasteiger partial charge is 0.0585 e. The van der Waals surface area contributed by atoms with Crippen molar-refractivity contribution in [3.8, 4) is 0 Å². The summed E-state index contributed by atoms with van der Waals surface area (Å²) in [6.07, 6.45) is 2.85. The first-order valence-electron chi connectivity index (χ1n) is 7.25. The highest BCUT2D eigenvalue weighted by atomic mass is 16.3. The fourth-order valence-corrected chi connectivity index (χ4v) is 2.74. The Balaban J connectivity index is 1.99. The lowest BCUT2D eigenvalue weighted by Crippen LogP contribution is -2.26. The summed E-state index contributed by atoms with van der Waals surface area (Å²) in [6.45, 7) is 0.855. The highest BCUT2D eigenvalue weighted by molar-refractivity contribution is 5.84. The number of nitrogens with zero attached hydrogens (tertiary/aromatic N) is 1. The summed E-state index contributed by atoms with van der Waals surface area (Å²) in [6, 6.07) is 18.6. The number of aromatic nitrogens is 1. The Hall–Kier alpha value is -2.10. The van der Waals surface area contributed by atoms with E-state index in [2.05, 4.69) is 53.2 Å². The Labute approximate surface area is 124 Å². The highest BCUT2D eigenvalue weighted by Gasteiger charge is 2.11. The third-order valence-corrected chi connectivity index (χ3v) is 3.78. The highest BCUT2D eigenvalue weighted by Crippen LogP contribution is 2.23. The van der Waals surface area contributed by atoms with Gasteiger partial charge in [0.15, 0.2) is 0 Å². The van der Waals surface area contributed by atoms with E-state index in [1.165, 1.54) is 22.0 Å². The SMILES string of the molecule is NC(CO)Cc1cn(Cc2ccccc2)c2ccccc12. The van der Waals surface area contributed by atoms with Crippen molar-refractivity contribution in [3.63, 3.8) is 0 Å². The number of benzene rings is 2. The van der Waals surface area contributed by atoms with Gasteiger partial charge in [0.1, 0.15) is 0 Å². The van der Waals surface area contributed by atoms with Crippen LogP contribution >= 0.6 is 0 Å². The van der Waals surface area contributed by atoms with E-state index in [-0.39, 0.29) is 12.6 Å². The molecule has 0 radical (unpaired) electrons. The van der Waals surface area contributed by atoms with E-state index in [0.717, 1.165) is 6.54 Å². The molecule has 3 heteroatoms. The lowest BCUT2D eigenvalue weighted by atomic mass is 10.1. The first kappa shape index (κ1) is 13.9. The Morgan fingerprint density at radius 1 is 1.00 bits per heavy atom. The summed E-state index contributed by atoms with van der Waals surface area (Å²) >= 11 is 0. The van der Waals surface area contributed by atoms with Gasteiger partial charge in [-0.1, -0.05) is 48.5 Å². The average molecular weight is 280 g/mol. The molecule has 1 aromatic heterocycles. The molecule has 0 aliphatic heterocycles. The van der Waals surface area contributed by atoms with Crippen LogP contribution in [-0.4, -0.2) is 22.3 Å². The van der Waals surface area contributed by atoms with Crippen LogP contribution in [0.25, 0.3) is 10.9 Å². The number of hydrogen-bond acceptors (Lipinski definition) is 2. The van der Waals surface area contributed by atoms with Gasteiger partial charge in [0, 0.05) is 29.7 Å². The van der Waals surface area contributed by atoms with Crippen molar-refractivity contribution in [2.24, 2.45) is 5.73 Å². The molecule has 1 atom stereocenters. The van der Waals surface area contributed by atoms with E-state index < -0.39 is 0 Å². The van der Waals surface area contributed by atoms with Crippen molar-refractivity contribution in [2.45, 2.75) is 19.0 Å². The van der Waals surface area contributed by atoms with Gasteiger partial charge in [-0.3, -0.25) is 0 Å². The van der Waals surface area contributed by atoms with Crippen molar-refractivity contribution in [3.05, 3.63) is 71.9 Å². The van der Waals surface area contributed by atoms with E-state index in [0.29, 0.717) is 6.42 Å². The molecule has 21 heavy (non-hydrogen) atoms. The van der Waals surface area contributed by atoms with Crippen molar-refractivity contribution in [2.75, 3.05) is 6.61 Å². The van der Waals surface area contributed by atoms with E-state index in [9.17, 15) is 5.11 Å². The van der Waals surface area contributed by atoms with Gasteiger partial charge in [0.25, 0.3) is 0 Å². The summed E-state index contributed by atoms with van der Waals surface area (Å²) in [5.41, 5.74) is 9.58. The summed E-state index contributed by atoms with van der Waals surface area (Å²) in [5.74, 6) is 0. The zero-order chi connectivity index (χ0) is 14.7. The molecule has 108 valence electrons. The number of nitrogens with two attached hydrogens (primary N) is 1. The second-order valence-electron chi connectivity index (χ2n) is 5.43. The lowest BCUT2D eigenvalue weighted by molar-refractivity contribution is 0.265. The van der Waals surface area contributed by atoms with Gasteiger partial charge in [0.2, 0.25) is 0 Å². The molecule has 1 heterocycles. The second kappa shape index (κ2) is 6.12. The Bertz CT molecular complexity index is 718. The summed E-state index contributed by atoms with van der Waals surface area (Å²) in [4.78, 5) is 0. The van der Waals surface area contributed by atoms with Crippen molar-refractivity contribution in [1.82, 2.24) is 4.57 Å². The van der Waals surface area contributed by atoms with Gasteiger partial charge in [-0.2, -0.15) is 0 Å². The summed E-state index contributed by atoms with van der Waals surface area (Å²) in [7, 11) is 0. The van der Waals surface area contributed by atoms with Gasteiger partial charge in [-0.05, 0) is 23.6 Å². The molecule has 0 saturated carbocycles. The third kappa shape index (κ3) is 2.99. The lowest BCUT2D eigenvalue weighted by Gasteiger charge is -2.06. The van der Waals surface area contributed by atoms with Crippen molar-refractivity contribution >= 4 is 10.9 Å². The number of para-hydroxylation sites is 1. The minimum atomic E-state index is -0.207. The quantitative estimate of drug-likeness (QED) is 0.754. The van der Waals surface area contributed by atoms with E-state index in [1.54, 1.807) is 0 Å². The molecular formula is C18H20N2O. The number of aliphatic hydroxyl groups excluding tert-OH is 1. The minimum absolute atomic E-state index is 0.0121. The Morgan fingerprint density at radius 3 is 2.48 bits per heavy atom. The predicted molar refractivity (Wildman–Crippen MR) is 86.2 cm³/mol. The molecule has 0 fully saturated rings. The van der Waals surface area contributed by atoms with Crippen LogP contribution in [0.3, 0.4) is 0 Å². The van der Waals surface area contributed by atoms with Crippen LogP contribution in [0.1, 0.15) is 11.1 Å². The van der Waals surface area contributed by atoms with E-state index in [4.69, 9.17) is 5.73 Å². The monoisotopic (exact) mass is 280 g/mol. The predicted octanol–water partition coefficient (Wildman–Crippen LogP) is 2.55. The molecule has 0 saturated heterocycles. The summed E-state index contributed by atoms with van der Waals surface area (Å²) in [5, 5.41) is 10.4. The number of fused-ring (bicyclic) bond motifs is 1. The summed E-state index contributed by atoms with van der Waals surface area (Å²) < 4.78 is 2.25. The Morgan fingerprint density at radius 2 is 1.71 bits per heavy atom. The maximum absolute atomic E-state index is 9.18. The molecule has 0 aliphatic rings. The van der Waals surface area contributed by atoms with Crippen LogP contribution in [0.15, 0.2) is 60.8 Å². The Kier molecular flexibility index (Phi) is 4.04. The molecule has 1 unspecified atom stereocenters. The molecular weight excluding hydrogens is 260 g/mol. The van der Waals surface area contributed by atoms with Crippen LogP contribution in [-0.2, 0) is 13.0 Å². The van der Waals surface area contributed by atoms with Crippen LogP contribution in [0.5, 0.6) is 0 Å².